The van der Waals surface area contributed by atoms with Crippen LogP contribution in [0.2, 0.25) is 0 Å². The smallest absolute Gasteiger partial charge is 0.215 e. The number of para-hydroxylation sites is 1. The Morgan fingerprint density at radius 3 is 2.65 bits per heavy atom. The number of hydrogen-bond donors (Lipinski definition) is 0. The summed E-state index contributed by atoms with van der Waals surface area (Å²) in [6.45, 7) is 3.91. The summed E-state index contributed by atoms with van der Waals surface area (Å²) in [7, 11) is 3.79. The summed E-state index contributed by atoms with van der Waals surface area (Å²) in [4.78, 5) is 8.70. The van der Waals surface area contributed by atoms with E-state index in [4.69, 9.17) is 4.94 Å². The first-order chi connectivity index (χ1) is 8.09. The lowest BCUT2D eigenvalue weighted by Gasteiger charge is -2.11. The van der Waals surface area contributed by atoms with Crippen LogP contribution in [-0.2, 0) is 0 Å². The number of aromatic nitrogens is 3. The highest BCUT2D eigenvalue weighted by atomic mass is 16.8. The zero-order valence-electron chi connectivity index (χ0n) is 10.5. The average Bonchev–Trinajstić information content (AvgIpc) is 2.68. The fraction of sp³-hybridized carbons (Fsp3) is 0.364. The Kier molecular flexibility index (Phi) is 2.95. The van der Waals surface area contributed by atoms with Crippen molar-refractivity contribution in [3.8, 4) is 0 Å². The van der Waals surface area contributed by atoms with E-state index in [-0.39, 0.29) is 0 Å². The molecule has 0 saturated carbocycles. The van der Waals surface area contributed by atoms with E-state index in [9.17, 15) is 0 Å². The highest BCUT2D eigenvalue weighted by Crippen LogP contribution is 2.08. The molecule has 0 bridgehead atoms. The van der Waals surface area contributed by atoms with Crippen molar-refractivity contribution >= 4 is 16.7 Å². The lowest BCUT2D eigenvalue weighted by Crippen LogP contribution is -2.39. The number of benzene rings is 1. The molecule has 6 nitrogen and oxygen atoms in total. The molecule has 0 atom stereocenters. The third-order valence-electron chi connectivity index (χ3n) is 2.22. The van der Waals surface area contributed by atoms with Gasteiger partial charge < -0.3 is 0 Å². The Bertz CT molecular complexity index is 554. The van der Waals surface area contributed by atoms with Gasteiger partial charge in [-0.25, -0.2) is 5.01 Å². The maximum absolute atomic E-state index is 5.66. The van der Waals surface area contributed by atoms with Crippen LogP contribution >= 0.6 is 0 Å². The Labute approximate surface area is 99.6 Å². The predicted molar refractivity (Wildman–Crippen MR) is 64.4 cm³/mol. The number of fused-ring (bicyclic) bond motifs is 1. The highest BCUT2D eigenvalue weighted by molar-refractivity contribution is 5.74. The van der Waals surface area contributed by atoms with Crippen LogP contribution in [0.4, 0.5) is 0 Å². The fourth-order valence-corrected chi connectivity index (χ4v) is 1.54. The van der Waals surface area contributed by atoms with E-state index >= 15 is 0 Å². The van der Waals surface area contributed by atoms with Gasteiger partial charge in [0.25, 0.3) is 0 Å². The van der Waals surface area contributed by atoms with E-state index < -0.39 is 0 Å². The Morgan fingerprint density at radius 1 is 1.29 bits per heavy atom. The van der Waals surface area contributed by atoms with Gasteiger partial charge in [0.2, 0.25) is 5.52 Å². The van der Waals surface area contributed by atoms with Gasteiger partial charge in [-0.1, -0.05) is 17.1 Å². The van der Waals surface area contributed by atoms with Gasteiger partial charge in [0.15, 0.2) is 0 Å². The first-order valence-electron chi connectivity index (χ1n) is 5.36. The molecule has 0 aliphatic carbocycles. The van der Waals surface area contributed by atoms with Crippen LogP contribution in [0.1, 0.15) is 13.8 Å². The molecular weight excluding hydrogens is 218 g/mol. The van der Waals surface area contributed by atoms with Crippen molar-refractivity contribution in [1.82, 2.24) is 20.2 Å². The van der Waals surface area contributed by atoms with Crippen molar-refractivity contribution in [3.05, 3.63) is 24.3 Å². The molecule has 1 aromatic carbocycles. The summed E-state index contributed by atoms with van der Waals surface area (Å²) in [6.07, 6.45) is 0. The van der Waals surface area contributed by atoms with Crippen LogP contribution in [0.3, 0.4) is 0 Å². The lowest BCUT2D eigenvalue weighted by molar-refractivity contribution is -0.883. The van der Waals surface area contributed by atoms with Gasteiger partial charge in [-0.05, 0) is 26.0 Å². The summed E-state index contributed by atoms with van der Waals surface area (Å²) < 4.78 is 0. The Morgan fingerprint density at radius 2 is 2.00 bits per heavy atom. The van der Waals surface area contributed by atoms with Gasteiger partial charge in [0.1, 0.15) is 11.2 Å². The largest absolute Gasteiger partial charge is 0.229 e. The topological polar surface area (TPSA) is 46.2 Å². The molecule has 1 heterocycles. The zero-order valence-corrected chi connectivity index (χ0v) is 10.5. The van der Waals surface area contributed by atoms with Gasteiger partial charge in [0.05, 0.1) is 10.1 Å². The molecule has 6 heteroatoms. The molecule has 0 saturated heterocycles. The third-order valence-corrected chi connectivity index (χ3v) is 2.22. The minimum absolute atomic E-state index is 0.806. The molecule has 2 rings (SSSR count). The molecule has 0 amide bonds. The summed E-state index contributed by atoms with van der Waals surface area (Å²) in [5, 5.41) is 9.81. The quantitative estimate of drug-likeness (QED) is 0.446. The molecule has 0 fully saturated rings. The predicted octanol–water partition coefficient (Wildman–Crippen LogP) is 0.745. The van der Waals surface area contributed by atoms with Gasteiger partial charge in [-0.3, -0.25) is 0 Å². The van der Waals surface area contributed by atoms with Crippen molar-refractivity contribution in [3.63, 3.8) is 0 Å². The standard InChI is InChI=1S/C11H16N5O/c1-9(2)16(14(3)4)17-15-11-8-6-5-7-10(11)12-13-15/h5-8H,1-4H3/q+1. The molecule has 0 aliphatic heterocycles. The van der Waals surface area contributed by atoms with Crippen LogP contribution < -0.4 is 4.94 Å². The number of rotatable bonds is 3. The van der Waals surface area contributed by atoms with Gasteiger partial charge >= 0.3 is 0 Å². The van der Waals surface area contributed by atoms with E-state index in [1.165, 1.54) is 4.85 Å². The Hall–Kier alpha value is -2.11. The summed E-state index contributed by atoms with van der Waals surface area (Å²) in [6, 6.07) is 7.65. The molecule has 0 radical (unpaired) electrons. The van der Waals surface area contributed by atoms with Crippen LogP contribution in [0.5, 0.6) is 0 Å². The van der Waals surface area contributed by atoms with Crippen LogP contribution in [0.25, 0.3) is 11.0 Å². The molecule has 2 aromatic rings. The summed E-state index contributed by atoms with van der Waals surface area (Å²) in [5.41, 5.74) is 2.63. The lowest BCUT2D eigenvalue weighted by atomic mass is 10.3. The van der Waals surface area contributed by atoms with Crippen molar-refractivity contribution in [2.24, 2.45) is 0 Å². The van der Waals surface area contributed by atoms with Crippen LogP contribution in [-0.4, -0.2) is 44.8 Å². The molecular formula is C11H16N5O+. The minimum Gasteiger partial charge on any atom is -0.215 e. The minimum atomic E-state index is 0.806. The SMILES string of the molecule is CC(C)=[N+](On1nnc2ccccc21)N(C)C. The molecule has 0 unspecified atom stereocenters. The highest BCUT2D eigenvalue weighted by Gasteiger charge is 2.16. The van der Waals surface area contributed by atoms with Crippen molar-refractivity contribution in [1.29, 1.82) is 0 Å². The van der Waals surface area contributed by atoms with E-state index in [1.807, 2.05) is 57.2 Å². The fourth-order valence-electron chi connectivity index (χ4n) is 1.54. The second kappa shape index (κ2) is 4.40. The third kappa shape index (κ3) is 2.20. The molecule has 90 valence electrons. The zero-order chi connectivity index (χ0) is 12.4. The number of hydrogen-bond acceptors (Lipinski definition) is 4. The maximum atomic E-state index is 5.66. The van der Waals surface area contributed by atoms with Crippen molar-refractivity contribution in [2.75, 3.05) is 14.1 Å². The monoisotopic (exact) mass is 234 g/mol. The van der Waals surface area contributed by atoms with Gasteiger partial charge in [-0.2, -0.15) is 0 Å². The van der Waals surface area contributed by atoms with Crippen molar-refractivity contribution < 1.29 is 9.79 Å². The van der Waals surface area contributed by atoms with Crippen molar-refractivity contribution in [2.45, 2.75) is 13.8 Å². The average molecular weight is 234 g/mol. The molecule has 0 N–H and O–H groups in total. The first kappa shape index (κ1) is 11.4. The molecule has 0 aliphatic rings. The van der Waals surface area contributed by atoms with E-state index in [0.717, 1.165) is 16.7 Å². The van der Waals surface area contributed by atoms with E-state index in [1.54, 1.807) is 4.85 Å². The normalized spacial score (nSPS) is 10.4. The van der Waals surface area contributed by atoms with E-state index in [2.05, 4.69) is 10.3 Å². The summed E-state index contributed by atoms with van der Waals surface area (Å²) >= 11 is 0. The second-order valence-electron chi connectivity index (χ2n) is 4.10. The second-order valence-corrected chi connectivity index (χ2v) is 4.10. The Balaban J connectivity index is 2.39. The molecule has 1 aromatic heterocycles. The molecule has 17 heavy (non-hydrogen) atoms. The van der Waals surface area contributed by atoms with E-state index in [0.29, 0.717) is 0 Å². The van der Waals surface area contributed by atoms with Gasteiger partial charge in [0, 0.05) is 18.9 Å². The first-order valence-corrected chi connectivity index (χ1v) is 5.36. The number of hydrazone groups is 1. The summed E-state index contributed by atoms with van der Waals surface area (Å²) in [5.74, 6) is 0. The van der Waals surface area contributed by atoms with Gasteiger partial charge in [-0.15, -0.1) is 5.10 Å². The maximum Gasteiger partial charge on any atom is 0.229 e. The van der Waals surface area contributed by atoms with Crippen LogP contribution in [0.15, 0.2) is 24.3 Å². The van der Waals surface area contributed by atoms with Crippen LogP contribution in [0, 0.1) is 0 Å². The number of hydrazine groups is 1. The number of nitrogens with zero attached hydrogens (tertiary/aromatic N) is 5. The molecule has 0 spiro atoms.